The summed E-state index contributed by atoms with van der Waals surface area (Å²) in [6, 6.07) is -0.412. The van der Waals surface area contributed by atoms with Crippen molar-refractivity contribution < 1.29 is 23.8 Å². The summed E-state index contributed by atoms with van der Waals surface area (Å²) in [5.74, 6) is -3.13. The zero-order chi connectivity index (χ0) is 15.0. The molecule has 0 aromatic heterocycles. The monoisotopic (exact) mass is 285 g/mol. The van der Waals surface area contributed by atoms with Crippen LogP contribution in [0.4, 0.5) is 4.39 Å². The quantitative estimate of drug-likeness (QED) is 0.790. The van der Waals surface area contributed by atoms with Gasteiger partial charge in [0.2, 0.25) is 5.91 Å². The van der Waals surface area contributed by atoms with E-state index in [4.69, 9.17) is 4.74 Å². The van der Waals surface area contributed by atoms with Gasteiger partial charge >= 0.3 is 0 Å². The fourth-order valence-corrected chi connectivity index (χ4v) is 2.79. The van der Waals surface area contributed by atoms with E-state index < -0.39 is 41.8 Å². The minimum atomic E-state index is -0.929. The molecule has 0 aromatic rings. The number of nitrogens with zero attached hydrogens (tertiary/aromatic N) is 1. The van der Waals surface area contributed by atoms with E-state index in [0.717, 1.165) is 11.0 Å². The molecule has 4 atom stereocenters. The van der Waals surface area contributed by atoms with Crippen LogP contribution in [0.15, 0.2) is 11.9 Å². The fourth-order valence-electron chi connectivity index (χ4n) is 2.79. The van der Waals surface area contributed by atoms with E-state index in [1.807, 2.05) is 6.92 Å². The highest BCUT2D eigenvalue weighted by molar-refractivity contribution is 6.07. The molecule has 20 heavy (non-hydrogen) atoms. The predicted octanol–water partition coefficient (Wildman–Crippen LogP) is 1.16. The number of aliphatic hydroxyl groups is 1. The summed E-state index contributed by atoms with van der Waals surface area (Å²) in [7, 11) is 0. The van der Waals surface area contributed by atoms with E-state index in [0.29, 0.717) is 6.42 Å². The minimum Gasteiger partial charge on any atom is -0.390 e. The van der Waals surface area contributed by atoms with Crippen molar-refractivity contribution in [3.05, 3.63) is 11.9 Å². The van der Waals surface area contributed by atoms with Crippen LogP contribution in [0.25, 0.3) is 0 Å². The number of halogens is 1. The van der Waals surface area contributed by atoms with Crippen molar-refractivity contribution >= 4 is 11.8 Å². The first kappa shape index (κ1) is 15.1. The molecule has 2 amide bonds. The molecule has 0 saturated carbocycles. The van der Waals surface area contributed by atoms with Crippen LogP contribution in [-0.2, 0) is 14.3 Å². The lowest BCUT2D eigenvalue weighted by Gasteiger charge is -2.32. The molecule has 0 aliphatic carbocycles. The largest absolute Gasteiger partial charge is 0.390 e. The Hall–Kier alpha value is -1.27. The van der Waals surface area contributed by atoms with Gasteiger partial charge in [-0.05, 0) is 26.3 Å². The predicted molar refractivity (Wildman–Crippen MR) is 69.2 cm³/mol. The van der Waals surface area contributed by atoms with Crippen molar-refractivity contribution in [3.63, 3.8) is 0 Å². The Morgan fingerprint density at radius 3 is 2.65 bits per heavy atom. The maximum Gasteiger partial charge on any atom is 0.289 e. The van der Waals surface area contributed by atoms with Crippen LogP contribution in [0.1, 0.15) is 33.6 Å². The Bertz CT molecular complexity index is 448. The number of carbonyl (C=O) groups excluding carboxylic acids is 2. The van der Waals surface area contributed by atoms with Gasteiger partial charge in [0.05, 0.1) is 24.2 Å². The summed E-state index contributed by atoms with van der Waals surface area (Å²) in [6.45, 7) is 5.19. The molecule has 1 unspecified atom stereocenters. The van der Waals surface area contributed by atoms with Gasteiger partial charge in [0.1, 0.15) is 0 Å². The van der Waals surface area contributed by atoms with Gasteiger partial charge in [-0.1, -0.05) is 6.92 Å². The van der Waals surface area contributed by atoms with Gasteiger partial charge in [-0.3, -0.25) is 14.5 Å². The molecular formula is C14H20FNO4. The number of imide groups is 1. The molecule has 6 heteroatoms. The molecule has 5 nitrogen and oxygen atoms in total. The number of aliphatic hydroxyl groups excluding tert-OH is 1. The van der Waals surface area contributed by atoms with E-state index in [2.05, 4.69) is 0 Å². The minimum absolute atomic E-state index is 0.277. The molecule has 112 valence electrons. The normalized spacial score (nSPS) is 34.9. The summed E-state index contributed by atoms with van der Waals surface area (Å²) in [6.07, 6.45) is 0.353. The van der Waals surface area contributed by atoms with Gasteiger partial charge < -0.3 is 9.84 Å². The second-order valence-electron chi connectivity index (χ2n) is 5.57. The third-order valence-electron chi connectivity index (χ3n) is 3.84. The number of hydrogen-bond acceptors (Lipinski definition) is 4. The zero-order valence-electron chi connectivity index (χ0n) is 11.9. The van der Waals surface area contributed by atoms with Gasteiger partial charge in [0, 0.05) is 12.5 Å². The topological polar surface area (TPSA) is 66.8 Å². The SMILES string of the molecule is CC[C@H]1O[C@@H](C2C=C(F)C(=O)N(C(C)C)C2=O)C[C@@H]1O. The maximum absolute atomic E-state index is 13.7. The van der Waals surface area contributed by atoms with E-state index in [9.17, 15) is 19.1 Å². The van der Waals surface area contributed by atoms with Crippen molar-refractivity contribution in [2.24, 2.45) is 5.92 Å². The molecule has 0 aromatic carbocycles. The van der Waals surface area contributed by atoms with E-state index >= 15 is 0 Å². The van der Waals surface area contributed by atoms with E-state index in [1.54, 1.807) is 13.8 Å². The third-order valence-corrected chi connectivity index (χ3v) is 3.84. The van der Waals surface area contributed by atoms with Crippen LogP contribution in [0.2, 0.25) is 0 Å². The lowest BCUT2D eigenvalue weighted by Crippen LogP contribution is -2.50. The fraction of sp³-hybridized carbons (Fsp3) is 0.714. The Labute approximate surface area is 117 Å². The summed E-state index contributed by atoms with van der Waals surface area (Å²) < 4.78 is 19.4. The molecule has 2 aliphatic rings. The van der Waals surface area contributed by atoms with Crippen LogP contribution in [-0.4, -0.2) is 46.2 Å². The smallest absolute Gasteiger partial charge is 0.289 e. The summed E-state index contributed by atoms with van der Waals surface area (Å²) in [5.41, 5.74) is 0. The molecule has 0 bridgehead atoms. The van der Waals surface area contributed by atoms with Crippen LogP contribution >= 0.6 is 0 Å². The first-order valence-corrected chi connectivity index (χ1v) is 6.95. The third kappa shape index (κ3) is 2.50. The number of carbonyl (C=O) groups is 2. The Balaban J connectivity index is 2.24. The molecular weight excluding hydrogens is 265 g/mol. The van der Waals surface area contributed by atoms with Crippen LogP contribution in [0, 0.1) is 5.92 Å². The Morgan fingerprint density at radius 2 is 2.15 bits per heavy atom. The number of ether oxygens (including phenoxy) is 1. The Morgan fingerprint density at radius 1 is 1.50 bits per heavy atom. The first-order chi connectivity index (χ1) is 9.36. The zero-order valence-corrected chi connectivity index (χ0v) is 11.9. The lowest BCUT2D eigenvalue weighted by atomic mass is 9.93. The van der Waals surface area contributed by atoms with Crippen LogP contribution in [0.3, 0.4) is 0 Å². The molecule has 2 rings (SSSR count). The van der Waals surface area contributed by atoms with Crippen molar-refractivity contribution in [3.8, 4) is 0 Å². The second kappa shape index (κ2) is 5.61. The lowest BCUT2D eigenvalue weighted by molar-refractivity contribution is -0.152. The standard InChI is InChI=1S/C14H20FNO4/c1-4-11-10(17)6-12(20-11)8-5-9(15)14(19)16(7(2)3)13(8)18/h5,7-8,10-12,17H,4,6H2,1-3H3/t8?,10-,11+,12+/m0/s1. The van der Waals surface area contributed by atoms with Gasteiger partial charge in [0.15, 0.2) is 5.83 Å². The number of amides is 2. The highest BCUT2D eigenvalue weighted by atomic mass is 19.1. The molecule has 0 spiro atoms. The highest BCUT2D eigenvalue weighted by Crippen LogP contribution is 2.33. The van der Waals surface area contributed by atoms with Gasteiger partial charge in [-0.25, -0.2) is 4.39 Å². The van der Waals surface area contributed by atoms with Crippen molar-refractivity contribution in [2.45, 2.75) is 58.0 Å². The van der Waals surface area contributed by atoms with Gasteiger partial charge in [-0.2, -0.15) is 0 Å². The highest BCUT2D eigenvalue weighted by Gasteiger charge is 2.45. The van der Waals surface area contributed by atoms with Crippen LogP contribution < -0.4 is 0 Å². The van der Waals surface area contributed by atoms with Crippen molar-refractivity contribution in [1.82, 2.24) is 4.90 Å². The molecule has 1 fully saturated rings. The first-order valence-electron chi connectivity index (χ1n) is 6.95. The van der Waals surface area contributed by atoms with Gasteiger partial charge in [-0.15, -0.1) is 0 Å². The molecule has 0 radical (unpaired) electrons. The maximum atomic E-state index is 13.7. The average molecular weight is 285 g/mol. The number of hydrogen-bond donors (Lipinski definition) is 1. The molecule has 2 aliphatic heterocycles. The summed E-state index contributed by atoms with van der Waals surface area (Å²) in [4.78, 5) is 25.0. The molecule has 1 N–H and O–H groups in total. The van der Waals surface area contributed by atoms with Crippen molar-refractivity contribution in [2.75, 3.05) is 0 Å². The van der Waals surface area contributed by atoms with Crippen LogP contribution in [0.5, 0.6) is 0 Å². The number of rotatable bonds is 3. The molecule has 1 saturated heterocycles. The Kier molecular flexibility index (Phi) is 4.25. The molecule has 2 heterocycles. The van der Waals surface area contributed by atoms with Gasteiger partial charge in [0.25, 0.3) is 5.91 Å². The summed E-state index contributed by atoms with van der Waals surface area (Å²) in [5, 5.41) is 9.84. The van der Waals surface area contributed by atoms with E-state index in [1.165, 1.54) is 0 Å². The van der Waals surface area contributed by atoms with E-state index in [-0.39, 0.29) is 12.5 Å². The second-order valence-corrected chi connectivity index (χ2v) is 5.57. The summed E-state index contributed by atoms with van der Waals surface area (Å²) >= 11 is 0. The average Bonchev–Trinajstić information content (AvgIpc) is 2.74. The van der Waals surface area contributed by atoms with Crippen molar-refractivity contribution in [1.29, 1.82) is 0 Å².